The Bertz CT molecular complexity index is 1410. The van der Waals surface area contributed by atoms with Gasteiger partial charge in [0.1, 0.15) is 0 Å². The molecule has 0 amide bonds. The van der Waals surface area contributed by atoms with Crippen molar-refractivity contribution in [2.75, 3.05) is 7.11 Å². The van der Waals surface area contributed by atoms with Crippen LogP contribution in [0.3, 0.4) is 0 Å². The predicted molar refractivity (Wildman–Crippen MR) is 157 cm³/mol. The summed E-state index contributed by atoms with van der Waals surface area (Å²) in [5, 5.41) is 12.0. The van der Waals surface area contributed by atoms with Crippen molar-refractivity contribution in [3.05, 3.63) is 125 Å². The maximum Gasteiger partial charge on any atom is 0.330 e. The Morgan fingerprint density at radius 3 is 2.51 bits per heavy atom. The number of hydrogen-bond donors (Lipinski definition) is 0. The molecule has 0 fully saturated rings. The third-order valence-corrected chi connectivity index (χ3v) is 8.88. The van der Waals surface area contributed by atoms with E-state index < -0.39 is 13.0 Å². The Morgan fingerprint density at radius 1 is 1.14 bits per heavy atom. The van der Waals surface area contributed by atoms with Crippen molar-refractivity contribution in [1.29, 1.82) is 5.26 Å². The van der Waals surface area contributed by atoms with Gasteiger partial charge in [-0.3, -0.25) is 4.74 Å². The van der Waals surface area contributed by atoms with Crippen LogP contribution in [0.4, 0.5) is 5.69 Å². The molecular formula is C32H31N2O2P. The molecular weight excluding hydrogens is 475 g/mol. The van der Waals surface area contributed by atoms with Gasteiger partial charge in [-0.05, 0) is 43.8 Å². The molecule has 0 aliphatic carbocycles. The van der Waals surface area contributed by atoms with Crippen molar-refractivity contribution in [3.8, 4) is 18.4 Å². The number of rotatable bonds is 10. The summed E-state index contributed by atoms with van der Waals surface area (Å²) in [6.07, 6.45) is 23.5. The number of allylic oxidation sites excluding steroid dienone is 9. The third-order valence-electron chi connectivity index (χ3n) is 5.33. The van der Waals surface area contributed by atoms with E-state index in [1.165, 1.54) is 13.2 Å². The van der Waals surface area contributed by atoms with E-state index >= 15 is 0 Å². The fourth-order valence-corrected chi connectivity index (χ4v) is 6.72. The zero-order chi connectivity index (χ0) is 27.1. The Balaban J connectivity index is 3.08. The number of carbonyl (C=O) groups excluding carboxylic acids is 1. The number of esters is 1. The average Bonchev–Trinajstić information content (AvgIpc) is 2.93. The van der Waals surface area contributed by atoms with Gasteiger partial charge in [-0.1, -0.05) is 91.4 Å². The van der Waals surface area contributed by atoms with E-state index in [4.69, 9.17) is 15.9 Å². The molecule has 1 unspecified atom stereocenters. The van der Waals surface area contributed by atoms with Crippen LogP contribution in [0.25, 0.3) is 6.08 Å². The van der Waals surface area contributed by atoms with Crippen LogP contribution in [0.1, 0.15) is 31.4 Å². The minimum atomic E-state index is -2.82. The van der Waals surface area contributed by atoms with Gasteiger partial charge in [-0.2, -0.15) is 5.26 Å². The number of methoxy groups -OCH3 is 1. The molecule has 0 saturated heterocycles. The molecule has 0 spiro atoms. The molecule has 37 heavy (non-hydrogen) atoms. The van der Waals surface area contributed by atoms with Crippen LogP contribution in [-0.4, -0.2) is 13.1 Å². The quantitative estimate of drug-likeness (QED) is 0.0818. The molecule has 0 N–H and O–H groups in total. The summed E-state index contributed by atoms with van der Waals surface area (Å²) in [6.45, 7) is 8.35. The molecule has 2 aromatic carbocycles. The van der Waals surface area contributed by atoms with E-state index in [2.05, 4.69) is 18.6 Å². The normalized spacial score (nSPS) is 13.5. The van der Waals surface area contributed by atoms with Crippen LogP contribution in [-0.2, 0) is 9.53 Å². The molecule has 0 heterocycles. The van der Waals surface area contributed by atoms with Crippen molar-refractivity contribution in [2.24, 2.45) is 4.74 Å². The van der Waals surface area contributed by atoms with Crippen LogP contribution < -0.4 is 5.30 Å². The summed E-state index contributed by atoms with van der Waals surface area (Å²) in [7, 11) is -1.50. The second kappa shape index (κ2) is 14.9. The Hall–Kier alpha value is -4.37. The molecule has 5 heteroatoms. The highest BCUT2D eigenvalue weighted by atomic mass is 31.2. The molecule has 0 aliphatic heterocycles. The van der Waals surface area contributed by atoms with Crippen LogP contribution >= 0.6 is 7.05 Å². The maximum absolute atomic E-state index is 11.8. The lowest BCUT2D eigenvalue weighted by molar-refractivity contribution is -0.134. The van der Waals surface area contributed by atoms with Crippen molar-refractivity contribution >= 4 is 30.1 Å². The number of terminal acetylenes is 1. The number of hydrogen-bond acceptors (Lipinski definition) is 4. The lowest BCUT2D eigenvalue weighted by Crippen LogP contribution is -2.07. The molecule has 0 radical (unpaired) electrons. The van der Waals surface area contributed by atoms with Gasteiger partial charge >= 0.3 is 5.97 Å². The Labute approximate surface area is 220 Å². The smallest absolute Gasteiger partial charge is 0.330 e. The average molecular weight is 507 g/mol. The largest absolute Gasteiger partial charge is 0.466 e. The monoisotopic (exact) mass is 506 g/mol. The number of nitriles is 1. The van der Waals surface area contributed by atoms with Crippen LogP contribution in [0, 0.1) is 23.7 Å². The predicted octanol–water partition coefficient (Wildman–Crippen LogP) is 8.03. The number of ether oxygens (including phenoxy) is 1. The zero-order valence-corrected chi connectivity index (χ0v) is 22.4. The van der Waals surface area contributed by atoms with Crippen molar-refractivity contribution in [2.45, 2.75) is 20.3 Å². The standard InChI is InChI=1S/C32H31N2O2P/c1-6-9-12-16-26(4)37(30-18-14-11-15-19-30,29(8-3)17-13-10-7-2)34-31-24-27(25-33)20-21-28(31)22-23-32(35)36-5/h3,6-7,9-12,14-24H,4,13H2,1-2,5H3/b9-6-,10-7-,16-12-,23-22+,29-17+. The van der Waals surface area contributed by atoms with E-state index in [-0.39, 0.29) is 0 Å². The van der Waals surface area contributed by atoms with Gasteiger partial charge in [0.05, 0.1) is 31.5 Å². The van der Waals surface area contributed by atoms with Crippen molar-refractivity contribution in [1.82, 2.24) is 0 Å². The van der Waals surface area contributed by atoms with E-state index in [1.807, 2.05) is 86.7 Å². The molecule has 0 aliphatic rings. The fraction of sp³-hybridized carbons (Fsp3) is 0.125. The second-order valence-corrected chi connectivity index (χ2v) is 10.8. The van der Waals surface area contributed by atoms with Gasteiger partial charge in [-0.25, -0.2) is 4.79 Å². The van der Waals surface area contributed by atoms with Gasteiger partial charge in [0.2, 0.25) is 0 Å². The zero-order valence-electron chi connectivity index (χ0n) is 21.5. The minimum Gasteiger partial charge on any atom is -0.466 e. The summed E-state index contributed by atoms with van der Waals surface area (Å²) in [5.74, 6) is 2.42. The highest BCUT2D eigenvalue weighted by Crippen LogP contribution is 2.64. The van der Waals surface area contributed by atoms with Crippen LogP contribution in [0.15, 0.2) is 119 Å². The first kappa shape index (κ1) is 28.9. The van der Waals surface area contributed by atoms with Crippen molar-refractivity contribution < 1.29 is 9.53 Å². The second-order valence-electron chi connectivity index (χ2n) is 7.73. The molecule has 2 rings (SSSR count). The highest BCUT2D eigenvalue weighted by molar-refractivity contribution is 7.82. The molecule has 186 valence electrons. The molecule has 2 aromatic rings. The highest BCUT2D eigenvalue weighted by Gasteiger charge is 2.29. The maximum atomic E-state index is 11.8. The summed E-state index contributed by atoms with van der Waals surface area (Å²) in [4.78, 5) is 11.8. The van der Waals surface area contributed by atoms with Gasteiger partial charge in [0.25, 0.3) is 0 Å². The molecule has 4 nitrogen and oxygen atoms in total. The number of benzene rings is 2. The lowest BCUT2D eigenvalue weighted by atomic mass is 10.1. The molecule has 0 aromatic heterocycles. The van der Waals surface area contributed by atoms with E-state index in [9.17, 15) is 10.1 Å². The van der Waals surface area contributed by atoms with Crippen LogP contribution in [0.5, 0.6) is 0 Å². The summed E-state index contributed by atoms with van der Waals surface area (Å²) < 4.78 is 10.1. The third kappa shape index (κ3) is 7.55. The first-order chi connectivity index (χ1) is 18.0. The molecule has 0 saturated carbocycles. The van der Waals surface area contributed by atoms with Gasteiger partial charge in [0, 0.05) is 22.3 Å². The SMILES string of the molecule is C#C/C(=C\C/C=C\C)P(=Nc1cc(C#N)ccc1/C=C/C(=O)OC)(C(=C)/C=C\C=C/C)c1ccccc1. The van der Waals surface area contributed by atoms with Crippen molar-refractivity contribution in [3.63, 3.8) is 0 Å². The number of nitrogens with zero attached hydrogens (tertiary/aromatic N) is 2. The molecule has 1 atom stereocenters. The first-order valence-electron chi connectivity index (χ1n) is 11.7. The fourth-order valence-electron chi connectivity index (χ4n) is 3.49. The molecule has 0 bridgehead atoms. The van der Waals surface area contributed by atoms with E-state index in [0.29, 0.717) is 23.2 Å². The topological polar surface area (TPSA) is 62.5 Å². The van der Waals surface area contributed by atoms with Gasteiger partial charge in [-0.15, -0.1) is 6.42 Å². The van der Waals surface area contributed by atoms with E-state index in [0.717, 1.165) is 15.9 Å². The summed E-state index contributed by atoms with van der Waals surface area (Å²) in [6, 6.07) is 17.2. The lowest BCUT2D eigenvalue weighted by Gasteiger charge is -2.27. The Morgan fingerprint density at radius 2 is 1.89 bits per heavy atom. The first-order valence-corrected chi connectivity index (χ1v) is 13.5. The summed E-state index contributed by atoms with van der Waals surface area (Å²) >= 11 is 0. The Kier molecular flexibility index (Phi) is 11.6. The number of carbonyl (C=O) groups is 1. The van der Waals surface area contributed by atoms with E-state index in [1.54, 1.807) is 24.3 Å². The minimum absolute atomic E-state index is 0.440. The van der Waals surface area contributed by atoms with Gasteiger partial charge in [0.15, 0.2) is 0 Å². The van der Waals surface area contributed by atoms with Gasteiger partial charge < -0.3 is 4.74 Å². The summed E-state index contributed by atoms with van der Waals surface area (Å²) in [5.41, 5.74) is 1.62. The van der Waals surface area contributed by atoms with Crippen LogP contribution in [0.2, 0.25) is 0 Å².